The number of carbonyl (C=O) groups is 1. The Hall–Kier alpha value is -2.98. The molecular weight excluding hydrogens is 420 g/mol. The fourth-order valence-electron chi connectivity index (χ4n) is 6.52. The first-order valence-electron chi connectivity index (χ1n) is 12.6. The smallest absolute Gasteiger partial charge is 0.255 e. The number of rotatable bonds is 4. The summed E-state index contributed by atoms with van der Waals surface area (Å²) in [5, 5.41) is 14.7. The Labute approximate surface area is 202 Å². The largest absolute Gasteiger partial charge is 0.385 e. The lowest BCUT2D eigenvalue weighted by atomic mass is 9.56. The molecule has 0 radical (unpaired) electrons. The fraction of sp³-hybridized carbons (Fsp3) is 0.400. The third-order valence-electron chi connectivity index (χ3n) is 8.45. The normalized spacial score (nSPS) is 26.1. The maximum atomic E-state index is 13.0. The average molecular weight is 455 g/mol. The van der Waals surface area contributed by atoms with Crippen molar-refractivity contribution in [3.8, 4) is 0 Å². The van der Waals surface area contributed by atoms with Gasteiger partial charge in [-0.25, -0.2) is 0 Å². The van der Waals surface area contributed by atoms with Gasteiger partial charge in [0.15, 0.2) is 0 Å². The third kappa shape index (κ3) is 3.94. The molecule has 1 heterocycles. The molecule has 176 valence electrons. The predicted octanol–water partition coefficient (Wildman–Crippen LogP) is 6.31. The number of hydrogen-bond acceptors (Lipinski definition) is 3. The molecule has 2 aliphatic rings. The van der Waals surface area contributed by atoms with E-state index in [0.29, 0.717) is 11.5 Å². The van der Waals surface area contributed by atoms with E-state index in [9.17, 15) is 9.90 Å². The maximum Gasteiger partial charge on any atom is 0.255 e. The predicted molar refractivity (Wildman–Crippen MR) is 136 cm³/mol. The highest BCUT2D eigenvalue weighted by atomic mass is 16.3. The van der Waals surface area contributed by atoms with E-state index >= 15 is 0 Å². The molecule has 2 aromatic carbocycles. The van der Waals surface area contributed by atoms with Crippen LogP contribution in [-0.4, -0.2) is 16.0 Å². The van der Waals surface area contributed by atoms with Gasteiger partial charge in [0.05, 0.1) is 17.0 Å². The molecule has 0 bridgehead atoms. The van der Waals surface area contributed by atoms with Crippen molar-refractivity contribution in [2.45, 2.75) is 69.8 Å². The molecule has 0 unspecified atom stereocenters. The molecule has 1 aromatic heterocycles. The van der Waals surface area contributed by atoms with E-state index < -0.39 is 5.60 Å². The molecule has 0 saturated heterocycles. The van der Waals surface area contributed by atoms with Crippen LogP contribution in [0, 0.1) is 12.8 Å². The summed E-state index contributed by atoms with van der Waals surface area (Å²) in [6.07, 6.45) is 8.48. The Bertz CT molecular complexity index is 1190. The standard InChI is InChI=1S/C30H34N2O2/c1-3-29-16-17-30(34,24-10-5-4-6-11-24)20-25(29)12-7-9-22-19-23(14-15-26(22)29)28(33)32-27-13-8-18-31-21(27)2/h4-6,8,10-11,13-15,18-19,25,34H,3,7,9,12,16-17,20H2,1-2H3,(H,32,33)/t25-,29+,30+/m0/s1. The van der Waals surface area contributed by atoms with Gasteiger partial charge in [-0.1, -0.05) is 43.3 Å². The summed E-state index contributed by atoms with van der Waals surface area (Å²) in [4.78, 5) is 17.3. The number of aromatic nitrogens is 1. The second-order valence-electron chi connectivity index (χ2n) is 10.2. The zero-order valence-corrected chi connectivity index (χ0v) is 20.2. The number of anilines is 1. The SMILES string of the molecule is CC[C@@]12CC[C@](O)(c3ccccc3)C[C@@H]1CCCc1cc(C(=O)Nc3cccnc3C)ccc12. The fourth-order valence-corrected chi connectivity index (χ4v) is 6.52. The molecule has 0 spiro atoms. The maximum absolute atomic E-state index is 13.0. The van der Waals surface area contributed by atoms with Crippen LogP contribution in [0.3, 0.4) is 0 Å². The van der Waals surface area contributed by atoms with Crippen molar-refractivity contribution in [1.29, 1.82) is 0 Å². The van der Waals surface area contributed by atoms with Gasteiger partial charge >= 0.3 is 0 Å². The van der Waals surface area contributed by atoms with E-state index in [1.54, 1.807) is 6.20 Å². The zero-order chi connectivity index (χ0) is 23.8. The van der Waals surface area contributed by atoms with Gasteiger partial charge in [0.1, 0.15) is 0 Å². The van der Waals surface area contributed by atoms with Crippen LogP contribution in [0.15, 0.2) is 66.9 Å². The van der Waals surface area contributed by atoms with Gasteiger partial charge in [0, 0.05) is 11.8 Å². The highest BCUT2D eigenvalue weighted by Gasteiger charge is 2.50. The summed E-state index contributed by atoms with van der Waals surface area (Å²) in [5.41, 5.74) is 5.29. The van der Waals surface area contributed by atoms with E-state index in [0.717, 1.165) is 61.9 Å². The molecule has 1 amide bonds. The van der Waals surface area contributed by atoms with Crippen LogP contribution in [0.1, 0.15) is 78.2 Å². The third-order valence-corrected chi connectivity index (χ3v) is 8.45. The van der Waals surface area contributed by atoms with Crippen molar-refractivity contribution >= 4 is 11.6 Å². The lowest BCUT2D eigenvalue weighted by molar-refractivity contribution is -0.0533. The number of aliphatic hydroxyl groups is 1. The topological polar surface area (TPSA) is 62.2 Å². The van der Waals surface area contributed by atoms with Gasteiger partial charge in [-0.05, 0) is 104 Å². The van der Waals surface area contributed by atoms with Crippen molar-refractivity contribution in [2.24, 2.45) is 5.92 Å². The van der Waals surface area contributed by atoms with Crippen LogP contribution in [0.2, 0.25) is 0 Å². The van der Waals surface area contributed by atoms with Crippen molar-refractivity contribution in [2.75, 3.05) is 5.32 Å². The van der Waals surface area contributed by atoms with E-state index in [4.69, 9.17) is 0 Å². The Morgan fingerprint density at radius 1 is 1.12 bits per heavy atom. The molecule has 1 fully saturated rings. The zero-order valence-electron chi connectivity index (χ0n) is 20.2. The first-order valence-corrected chi connectivity index (χ1v) is 12.6. The number of nitrogens with one attached hydrogen (secondary N) is 1. The van der Waals surface area contributed by atoms with E-state index in [2.05, 4.69) is 41.5 Å². The second kappa shape index (κ2) is 8.99. The molecule has 0 aliphatic heterocycles. The summed E-state index contributed by atoms with van der Waals surface area (Å²) in [7, 11) is 0. The summed E-state index contributed by atoms with van der Waals surface area (Å²) >= 11 is 0. The van der Waals surface area contributed by atoms with E-state index in [1.807, 2.05) is 43.3 Å². The Morgan fingerprint density at radius 2 is 1.94 bits per heavy atom. The van der Waals surface area contributed by atoms with Crippen molar-refractivity contribution in [1.82, 2.24) is 4.98 Å². The minimum Gasteiger partial charge on any atom is -0.385 e. The first kappa shape index (κ1) is 22.8. The molecule has 1 saturated carbocycles. The van der Waals surface area contributed by atoms with Crippen molar-refractivity contribution < 1.29 is 9.90 Å². The van der Waals surface area contributed by atoms with Crippen LogP contribution in [0.25, 0.3) is 0 Å². The minimum absolute atomic E-state index is 0.0573. The van der Waals surface area contributed by atoms with Crippen LogP contribution >= 0.6 is 0 Å². The monoisotopic (exact) mass is 454 g/mol. The average Bonchev–Trinajstić information content (AvgIpc) is 3.02. The molecular formula is C30H34N2O2. The summed E-state index contributed by atoms with van der Waals surface area (Å²) in [6.45, 7) is 4.19. The number of amides is 1. The molecule has 4 nitrogen and oxygen atoms in total. The van der Waals surface area contributed by atoms with E-state index in [-0.39, 0.29) is 11.3 Å². The number of hydrogen-bond donors (Lipinski definition) is 2. The number of benzene rings is 2. The molecule has 2 N–H and O–H groups in total. The van der Waals surface area contributed by atoms with Crippen molar-refractivity contribution in [3.05, 3.63) is 94.8 Å². The highest BCUT2D eigenvalue weighted by Crippen LogP contribution is 2.55. The molecule has 5 rings (SSSR count). The van der Waals surface area contributed by atoms with Gasteiger partial charge in [0.25, 0.3) is 5.91 Å². The van der Waals surface area contributed by atoms with Crippen molar-refractivity contribution in [3.63, 3.8) is 0 Å². The molecule has 3 atom stereocenters. The summed E-state index contributed by atoms with van der Waals surface area (Å²) in [6, 6.07) is 20.2. The van der Waals surface area contributed by atoms with Crippen LogP contribution < -0.4 is 5.32 Å². The second-order valence-corrected chi connectivity index (χ2v) is 10.2. The van der Waals surface area contributed by atoms with Gasteiger partial charge in [-0.15, -0.1) is 0 Å². The summed E-state index contributed by atoms with van der Waals surface area (Å²) in [5.74, 6) is 0.336. The molecule has 4 heteroatoms. The number of nitrogens with zero attached hydrogens (tertiary/aromatic N) is 1. The molecule has 34 heavy (non-hydrogen) atoms. The van der Waals surface area contributed by atoms with Gasteiger partial charge < -0.3 is 10.4 Å². The summed E-state index contributed by atoms with van der Waals surface area (Å²) < 4.78 is 0. The van der Waals surface area contributed by atoms with Crippen LogP contribution in [-0.2, 0) is 17.4 Å². The lowest BCUT2D eigenvalue weighted by Crippen LogP contribution is -2.46. The number of fused-ring (bicyclic) bond motifs is 3. The number of carbonyl (C=O) groups excluding carboxylic acids is 1. The Kier molecular flexibility index (Phi) is 6.03. The quantitative estimate of drug-likeness (QED) is 0.485. The lowest BCUT2D eigenvalue weighted by Gasteiger charge is -2.50. The number of pyridine rings is 1. The molecule has 3 aromatic rings. The molecule has 2 aliphatic carbocycles. The van der Waals surface area contributed by atoms with Crippen LogP contribution in [0.5, 0.6) is 0 Å². The van der Waals surface area contributed by atoms with Gasteiger partial charge in [-0.3, -0.25) is 9.78 Å². The first-order chi connectivity index (χ1) is 16.4. The Morgan fingerprint density at radius 3 is 2.71 bits per heavy atom. The van der Waals surface area contributed by atoms with Crippen LogP contribution in [0.4, 0.5) is 5.69 Å². The van der Waals surface area contributed by atoms with Gasteiger partial charge in [-0.2, -0.15) is 0 Å². The van der Waals surface area contributed by atoms with E-state index in [1.165, 1.54) is 11.1 Å². The number of aryl methyl sites for hydroxylation is 2. The highest BCUT2D eigenvalue weighted by molar-refractivity contribution is 6.04. The van der Waals surface area contributed by atoms with Gasteiger partial charge in [0.2, 0.25) is 0 Å². The minimum atomic E-state index is -0.753. The Balaban J connectivity index is 1.45.